The number of unbranched alkanes of at least 4 members (excludes halogenated alkanes) is 10. The quantitative estimate of drug-likeness (QED) is 0.318. The van der Waals surface area contributed by atoms with Crippen molar-refractivity contribution in [3.05, 3.63) is 0 Å². The lowest BCUT2D eigenvalue weighted by molar-refractivity contribution is 0.108. The summed E-state index contributed by atoms with van der Waals surface area (Å²) in [5.41, 5.74) is 0. The Labute approximate surface area is 115 Å². The van der Waals surface area contributed by atoms with E-state index in [1.54, 1.807) is 7.11 Å². The van der Waals surface area contributed by atoms with Crippen molar-refractivity contribution in [3.63, 3.8) is 0 Å². The van der Waals surface area contributed by atoms with Gasteiger partial charge in [0.05, 0.1) is 6.10 Å². The van der Waals surface area contributed by atoms with Gasteiger partial charge in [-0.3, -0.25) is 0 Å². The molecule has 1 unspecified atom stereocenters. The molecule has 1 atom stereocenters. The van der Waals surface area contributed by atoms with E-state index in [0.717, 1.165) is 6.42 Å². The zero-order chi connectivity index (χ0) is 13.5. The molecule has 0 fully saturated rings. The summed E-state index contributed by atoms with van der Waals surface area (Å²) in [5, 5.41) is 0. The van der Waals surface area contributed by atoms with E-state index >= 15 is 0 Å². The van der Waals surface area contributed by atoms with Crippen molar-refractivity contribution in [2.75, 3.05) is 7.11 Å². The molecule has 0 aromatic carbocycles. The predicted molar refractivity (Wildman–Crippen MR) is 80.7 cm³/mol. The molecule has 0 saturated carbocycles. The minimum atomic E-state index is 0.438. The van der Waals surface area contributed by atoms with Gasteiger partial charge in [-0.05, 0) is 19.8 Å². The van der Waals surface area contributed by atoms with Crippen LogP contribution in [0.3, 0.4) is 0 Å². The molecule has 106 valence electrons. The van der Waals surface area contributed by atoms with E-state index in [1.807, 2.05) is 0 Å². The maximum atomic E-state index is 5.24. The number of rotatable bonds is 13. The summed E-state index contributed by atoms with van der Waals surface area (Å²) in [6.07, 6.45) is 21.4. The maximum Gasteiger partial charge on any atom is 0.0543 e. The van der Waals surface area contributed by atoms with Crippen molar-refractivity contribution in [2.45, 2.75) is 90.1 Å². The molecule has 18 heavy (non-hydrogen) atoms. The Hall–Kier alpha value is -0.480. The Bertz CT molecular complexity index is 192. The van der Waals surface area contributed by atoms with Crippen LogP contribution in [0.5, 0.6) is 0 Å². The van der Waals surface area contributed by atoms with E-state index < -0.39 is 0 Å². The van der Waals surface area contributed by atoms with Crippen molar-refractivity contribution < 1.29 is 4.74 Å². The summed E-state index contributed by atoms with van der Waals surface area (Å²) in [4.78, 5) is 0. The van der Waals surface area contributed by atoms with Crippen LogP contribution in [0.15, 0.2) is 0 Å². The number of methoxy groups -OCH3 is 1. The number of hydrogen-bond acceptors (Lipinski definition) is 1. The zero-order valence-corrected chi connectivity index (χ0v) is 12.5. The molecule has 0 aromatic heterocycles. The van der Waals surface area contributed by atoms with Gasteiger partial charge in [0.2, 0.25) is 0 Å². The zero-order valence-electron chi connectivity index (χ0n) is 12.5. The summed E-state index contributed by atoms with van der Waals surface area (Å²) in [5.74, 6) is 2.70. The average molecular weight is 252 g/mol. The van der Waals surface area contributed by atoms with Crippen molar-refractivity contribution >= 4 is 0 Å². The smallest absolute Gasteiger partial charge is 0.0543 e. The normalized spacial score (nSPS) is 12.3. The summed E-state index contributed by atoms with van der Waals surface area (Å²) < 4.78 is 5.24. The van der Waals surface area contributed by atoms with E-state index in [2.05, 4.69) is 12.8 Å². The van der Waals surface area contributed by atoms with Gasteiger partial charge in [-0.1, -0.05) is 57.8 Å². The second-order valence-electron chi connectivity index (χ2n) is 5.32. The lowest BCUT2D eigenvalue weighted by atomic mass is 10.0. The standard InChI is InChI=1S/C17H32O/c1-4-5-6-7-8-9-10-11-12-13-14-15-16-17(2)18-3/h1,17H,5-16H2,2-3H3. The van der Waals surface area contributed by atoms with Crippen LogP contribution in [0, 0.1) is 12.3 Å². The van der Waals surface area contributed by atoms with Crippen LogP contribution >= 0.6 is 0 Å². The molecule has 0 radical (unpaired) electrons. The van der Waals surface area contributed by atoms with Crippen molar-refractivity contribution in [1.82, 2.24) is 0 Å². The molecular formula is C17H32O. The van der Waals surface area contributed by atoms with Gasteiger partial charge < -0.3 is 4.74 Å². The molecule has 0 aliphatic heterocycles. The van der Waals surface area contributed by atoms with E-state index in [9.17, 15) is 0 Å². The van der Waals surface area contributed by atoms with E-state index in [0.29, 0.717) is 6.10 Å². The molecule has 0 N–H and O–H groups in total. The topological polar surface area (TPSA) is 9.23 Å². The molecule has 0 spiro atoms. The molecule has 0 aliphatic rings. The molecular weight excluding hydrogens is 220 g/mol. The highest BCUT2D eigenvalue weighted by Gasteiger charge is 1.98. The SMILES string of the molecule is C#CCCCCCCCCCCCCC(C)OC. The third-order valence-corrected chi connectivity index (χ3v) is 3.58. The second-order valence-corrected chi connectivity index (χ2v) is 5.32. The Kier molecular flexibility index (Phi) is 14.2. The van der Waals surface area contributed by atoms with Crippen LogP contribution in [0.2, 0.25) is 0 Å². The van der Waals surface area contributed by atoms with Gasteiger partial charge in [-0.25, -0.2) is 0 Å². The average Bonchev–Trinajstić information content (AvgIpc) is 2.39. The molecule has 1 heteroatoms. The Balaban J connectivity index is 2.97. The van der Waals surface area contributed by atoms with Crippen LogP contribution in [0.1, 0.15) is 84.0 Å². The highest BCUT2D eigenvalue weighted by atomic mass is 16.5. The van der Waals surface area contributed by atoms with Crippen LogP contribution < -0.4 is 0 Å². The van der Waals surface area contributed by atoms with Gasteiger partial charge in [-0.15, -0.1) is 12.3 Å². The van der Waals surface area contributed by atoms with Gasteiger partial charge in [-0.2, -0.15) is 0 Å². The third-order valence-electron chi connectivity index (χ3n) is 3.58. The van der Waals surface area contributed by atoms with Crippen molar-refractivity contribution in [3.8, 4) is 12.3 Å². The van der Waals surface area contributed by atoms with Gasteiger partial charge in [0.25, 0.3) is 0 Å². The van der Waals surface area contributed by atoms with Crippen LogP contribution in [0.25, 0.3) is 0 Å². The van der Waals surface area contributed by atoms with Crippen LogP contribution in [-0.4, -0.2) is 13.2 Å². The van der Waals surface area contributed by atoms with E-state index in [1.165, 1.54) is 70.6 Å². The van der Waals surface area contributed by atoms with Crippen molar-refractivity contribution in [2.24, 2.45) is 0 Å². The fourth-order valence-corrected chi connectivity index (χ4v) is 2.19. The minimum absolute atomic E-state index is 0.438. The highest BCUT2D eigenvalue weighted by Crippen LogP contribution is 2.12. The van der Waals surface area contributed by atoms with E-state index in [-0.39, 0.29) is 0 Å². The lowest BCUT2D eigenvalue weighted by Crippen LogP contribution is -2.03. The fraction of sp³-hybridized carbons (Fsp3) is 0.882. The highest BCUT2D eigenvalue weighted by molar-refractivity contribution is 4.82. The molecule has 0 saturated heterocycles. The maximum absolute atomic E-state index is 5.24. The van der Waals surface area contributed by atoms with Gasteiger partial charge in [0.1, 0.15) is 0 Å². The first-order valence-electron chi connectivity index (χ1n) is 7.77. The molecule has 1 nitrogen and oxygen atoms in total. The Morgan fingerprint density at radius 1 is 0.833 bits per heavy atom. The van der Waals surface area contributed by atoms with Gasteiger partial charge in [0.15, 0.2) is 0 Å². The molecule has 0 heterocycles. The summed E-state index contributed by atoms with van der Waals surface area (Å²) in [6, 6.07) is 0. The summed E-state index contributed by atoms with van der Waals surface area (Å²) in [7, 11) is 1.80. The number of terminal acetylenes is 1. The second kappa shape index (κ2) is 14.6. The first-order valence-corrected chi connectivity index (χ1v) is 7.77. The number of ether oxygens (including phenoxy) is 1. The molecule has 0 bridgehead atoms. The lowest BCUT2D eigenvalue weighted by Gasteiger charge is -2.08. The molecule has 0 rings (SSSR count). The predicted octanol–water partition coefficient (Wildman–Crippen LogP) is 5.34. The van der Waals surface area contributed by atoms with E-state index in [4.69, 9.17) is 11.2 Å². The summed E-state index contributed by atoms with van der Waals surface area (Å²) >= 11 is 0. The number of hydrogen-bond donors (Lipinski definition) is 0. The van der Waals surface area contributed by atoms with Crippen LogP contribution in [-0.2, 0) is 4.74 Å². The Morgan fingerprint density at radius 3 is 1.72 bits per heavy atom. The Morgan fingerprint density at radius 2 is 1.28 bits per heavy atom. The monoisotopic (exact) mass is 252 g/mol. The van der Waals surface area contributed by atoms with Crippen LogP contribution in [0.4, 0.5) is 0 Å². The molecule has 0 aliphatic carbocycles. The minimum Gasteiger partial charge on any atom is -0.382 e. The van der Waals surface area contributed by atoms with Gasteiger partial charge in [0, 0.05) is 13.5 Å². The fourth-order valence-electron chi connectivity index (χ4n) is 2.19. The first kappa shape index (κ1) is 17.5. The van der Waals surface area contributed by atoms with Crippen molar-refractivity contribution in [1.29, 1.82) is 0 Å². The molecule has 0 amide bonds. The summed E-state index contributed by atoms with van der Waals surface area (Å²) in [6.45, 7) is 2.15. The molecule has 0 aromatic rings. The van der Waals surface area contributed by atoms with Gasteiger partial charge >= 0.3 is 0 Å². The largest absolute Gasteiger partial charge is 0.382 e. The third kappa shape index (κ3) is 13.6. The first-order chi connectivity index (χ1) is 8.81.